The molecule has 0 saturated heterocycles. The molecule has 5 nitrogen and oxygen atoms in total. The monoisotopic (exact) mass is 298 g/mol. The molecule has 1 aromatic rings. The summed E-state index contributed by atoms with van der Waals surface area (Å²) in [5.41, 5.74) is 0.925. The molecule has 2 atom stereocenters. The molecule has 0 heterocycles. The first kappa shape index (κ1) is 15.3. The zero-order chi connectivity index (χ0) is 14.6. The fourth-order valence-corrected chi connectivity index (χ4v) is 3.63. The highest BCUT2D eigenvalue weighted by Gasteiger charge is 2.26. The summed E-state index contributed by atoms with van der Waals surface area (Å²) < 4.78 is 31.6. The molecule has 2 N–H and O–H groups in total. The predicted molar refractivity (Wildman–Crippen MR) is 79.4 cm³/mol. The first-order chi connectivity index (χ1) is 9.56. The van der Waals surface area contributed by atoms with Gasteiger partial charge in [-0.25, -0.2) is 13.1 Å². The van der Waals surface area contributed by atoms with Gasteiger partial charge in [-0.05, 0) is 43.5 Å². The van der Waals surface area contributed by atoms with Crippen LogP contribution in [0.1, 0.15) is 26.2 Å². The highest BCUT2D eigenvalue weighted by Crippen LogP contribution is 2.25. The van der Waals surface area contributed by atoms with E-state index in [1.165, 1.54) is 0 Å². The van der Waals surface area contributed by atoms with Crippen LogP contribution in [0, 0.1) is 0 Å². The van der Waals surface area contributed by atoms with Gasteiger partial charge in [0.1, 0.15) is 0 Å². The van der Waals surface area contributed by atoms with Crippen molar-refractivity contribution in [1.82, 2.24) is 4.72 Å². The molecule has 1 aliphatic rings. The Morgan fingerprint density at radius 2 is 1.95 bits per heavy atom. The maximum atomic E-state index is 11.8. The molecule has 0 bridgehead atoms. The minimum absolute atomic E-state index is 0.236. The van der Waals surface area contributed by atoms with E-state index < -0.39 is 10.0 Å². The molecule has 0 radical (unpaired) electrons. The van der Waals surface area contributed by atoms with E-state index in [-0.39, 0.29) is 6.10 Å². The third kappa shape index (κ3) is 3.50. The average molecular weight is 298 g/mol. The summed E-state index contributed by atoms with van der Waals surface area (Å²) in [6.07, 6.45) is 3.54. The summed E-state index contributed by atoms with van der Waals surface area (Å²) in [7, 11) is -1.64. The van der Waals surface area contributed by atoms with Crippen molar-refractivity contribution < 1.29 is 13.2 Å². The molecule has 0 aliphatic heterocycles. The number of hydrogen-bond donors (Lipinski definition) is 2. The third-order valence-corrected chi connectivity index (χ3v) is 5.17. The molecule has 2 rings (SSSR count). The lowest BCUT2D eigenvalue weighted by molar-refractivity contribution is 0.101. The molecular weight excluding hydrogens is 276 g/mol. The van der Waals surface area contributed by atoms with Crippen molar-refractivity contribution in [2.24, 2.45) is 0 Å². The first-order valence-corrected chi connectivity index (χ1v) is 8.44. The van der Waals surface area contributed by atoms with Gasteiger partial charge in [0.05, 0.1) is 17.0 Å². The van der Waals surface area contributed by atoms with E-state index in [0.29, 0.717) is 17.5 Å². The van der Waals surface area contributed by atoms with Crippen LogP contribution in [0.3, 0.4) is 0 Å². The number of sulfonamides is 1. The Labute approximate surface area is 120 Å². The van der Waals surface area contributed by atoms with E-state index >= 15 is 0 Å². The lowest BCUT2D eigenvalue weighted by atomic mass is 10.2. The van der Waals surface area contributed by atoms with Crippen LogP contribution in [0.25, 0.3) is 0 Å². The maximum absolute atomic E-state index is 11.8. The molecule has 0 spiro atoms. The zero-order valence-electron chi connectivity index (χ0n) is 11.9. The number of benzene rings is 1. The van der Waals surface area contributed by atoms with Crippen molar-refractivity contribution >= 4 is 15.7 Å². The smallest absolute Gasteiger partial charge is 0.240 e. The molecule has 2 unspecified atom stereocenters. The summed E-state index contributed by atoms with van der Waals surface area (Å²) in [5, 5.41) is 3.41. The summed E-state index contributed by atoms with van der Waals surface area (Å²) in [6.45, 7) is 2.15. The quantitative estimate of drug-likeness (QED) is 0.842. The van der Waals surface area contributed by atoms with E-state index in [1.54, 1.807) is 38.3 Å². The molecule has 0 aromatic heterocycles. The van der Waals surface area contributed by atoms with E-state index in [0.717, 1.165) is 24.9 Å². The Morgan fingerprint density at radius 3 is 2.55 bits per heavy atom. The van der Waals surface area contributed by atoms with Crippen molar-refractivity contribution in [3.8, 4) is 0 Å². The number of methoxy groups -OCH3 is 1. The van der Waals surface area contributed by atoms with Gasteiger partial charge >= 0.3 is 0 Å². The van der Waals surface area contributed by atoms with Crippen molar-refractivity contribution in [2.45, 2.75) is 43.2 Å². The Bertz CT molecular complexity index is 528. The van der Waals surface area contributed by atoms with E-state index in [9.17, 15) is 8.42 Å². The van der Waals surface area contributed by atoms with Crippen molar-refractivity contribution in [2.75, 3.05) is 19.0 Å². The van der Waals surface area contributed by atoms with Gasteiger partial charge < -0.3 is 10.1 Å². The number of nitrogens with one attached hydrogen (secondary N) is 2. The lowest BCUT2D eigenvalue weighted by Gasteiger charge is -2.20. The number of ether oxygens (including phenoxy) is 1. The molecular formula is C14H22N2O3S. The van der Waals surface area contributed by atoms with Crippen LogP contribution in [-0.2, 0) is 14.8 Å². The first-order valence-electron chi connectivity index (χ1n) is 6.96. The number of rotatable bonds is 6. The largest absolute Gasteiger partial charge is 0.380 e. The second kappa shape index (κ2) is 6.56. The highest BCUT2D eigenvalue weighted by molar-refractivity contribution is 7.89. The van der Waals surface area contributed by atoms with E-state index in [4.69, 9.17) is 4.74 Å². The fraction of sp³-hybridized carbons (Fsp3) is 0.571. The number of hydrogen-bond acceptors (Lipinski definition) is 4. The summed E-state index contributed by atoms with van der Waals surface area (Å²) >= 11 is 0. The van der Waals surface area contributed by atoms with Gasteiger partial charge in [0, 0.05) is 19.3 Å². The number of anilines is 1. The van der Waals surface area contributed by atoms with Gasteiger partial charge in [0.2, 0.25) is 10.0 Å². The Morgan fingerprint density at radius 1 is 1.25 bits per heavy atom. The van der Waals surface area contributed by atoms with Crippen LogP contribution in [0.15, 0.2) is 29.2 Å². The van der Waals surface area contributed by atoms with Crippen LogP contribution in [0.5, 0.6) is 0 Å². The zero-order valence-corrected chi connectivity index (χ0v) is 12.7. The van der Waals surface area contributed by atoms with Crippen LogP contribution >= 0.6 is 0 Å². The molecule has 6 heteroatoms. The van der Waals surface area contributed by atoms with Gasteiger partial charge in [0.25, 0.3) is 0 Å². The molecule has 0 amide bonds. The van der Waals surface area contributed by atoms with Gasteiger partial charge in [-0.3, -0.25) is 0 Å². The normalized spacial score (nSPS) is 22.9. The van der Waals surface area contributed by atoms with Gasteiger partial charge in [-0.15, -0.1) is 0 Å². The topological polar surface area (TPSA) is 67.4 Å². The molecule has 1 aromatic carbocycles. The third-order valence-electron chi connectivity index (χ3n) is 3.61. The van der Waals surface area contributed by atoms with Crippen molar-refractivity contribution in [3.63, 3.8) is 0 Å². The van der Waals surface area contributed by atoms with Crippen LogP contribution in [-0.4, -0.2) is 34.2 Å². The van der Waals surface area contributed by atoms with E-state index in [1.807, 2.05) is 0 Å². The highest BCUT2D eigenvalue weighted by atomic mass is 32.2. The van der Waals surface area contributed by atoms with Crippen LogP contribution in [0.2, 0.25) is 0 Å². The predicted octanol–water partition coefficient (Wildman–Crippen LogP) is 1.96. The van der Waals surface area contributed by atoms with Gasteiger partial charge in [-0.2, -0.15) is 0 Å². The minimum Gasteiger partial charge on any atom is -0.380 e. The summed E-state index contributed by atoms with van der Waals surface area (Å²) in [5.74, 6) is 0. The summed E-state index contributed by atoms with van der Waals surface area (Å²) in [6, 6.07) is 7.15. The maximum Gasteiger partial charge on any atom is 0.240 e. The molecule has 112 valence electrons. The molecule has 1 saturated carbocycles. The molecule has 1 fully saturated rings. The fourth-order valence-electron chi connectivity index (χ4n) is 2.59. The average Bonchev–Trinajstić information content (AvgIpc) is 2.86. The van der Waals surface area contributed by atoms with Gasteiger partial charge in [-0.1, -0.05) is 6.92 Å². The standard InChI is InChI=1S/C14H22N2O3S/c1-3-15-20(17,18)12-9-7-11(8-10-12)16-13-5-4-6-14(13)19-2/h7-10,13-16H,3-6H2,1-2H3. The van der Waals surface area contributed by atoms with Crippen molar-refractivity contribution in [3.05, 3.63) is 24.3 Å². The minimum atomic E-state index is -3.37. The van der Waals surface area contributed by atoms with Crippen LogP contribution in [0.4, 0.5) is 5.69 Å². The summed E-state index contributed by atoms with van der Waals surface area (Å²) in [4.78, 5) is 0.291. The van der Waals surface area contributed by atoms with Crippen LogP contribution < -0.4 is 10.0 Å². The van der Waals surface area contributed by atoms with E-state index in [2.05, 4.69) is 10.0 Å². The molecule has 20 heavy (non-hydrogen) atoms. The second-order valence-electron chi connectivity index (χ2n) is 4.98. The Balaban J connectivity index is 2.05. The molecule has 1 aliphatic carbocycles. The Hall–Kier alpha value is -1.11. The van der Waals surface area contributed by atoms with Crippen molar-refractivity contribution in [1.29, 1.82) is 0 Å². The second-order valence-corrected chi connectivity index (χ2v) is 6.75. The lowest BCUT2D eigenvalue weighted by Crippen LogP contribution is -2.29. The van der Waals surface area contributed by atoms with Gasteiger partial charge in [0.15, 0.2) is 0 Å². The Kier molecular flexibility index (Phi) is 5.01. The SMILES string of the molecule is CCNS(=O)(=O)c1ccc(NC2CCCC2OC)cc1.